The third kappa shape index (κ3) is 3.26. The lowest BCUT2D eigenvalue weighted by atomic mass is 9.91. The molecular formula is C14H21N3O3. The lowest BCUT2D eigenvalue weighted by molar-refractivity contribution is -0.384. The van der Waals surface area contributed by atoms with Crippen LogP contribution in [-0.4, -0.2) is 41.2 Å². The molecule has 1 aliphatic rings. The highest BCUT2D eigenvalue weighted by Gasteiger charge is 2.25. The summed E-state index contributed by atoms with van der Waals surface area (Å²) in [7, 11) is 1.81. The van der Waals surface area contributed by atoms with Crippen LogP contribution in [0.4, 0.5) is 11.4 Å². The van der Waals surface area contributed by atoms with E-state index in [0.29, 0.717) is 19.1 Å². The summed E-state index contributed by atoms with van der Waals surface area (Å²) in [6.07, 6.45) is 3.51. The summed E-state index contributed by atoms with van der Waals surface area (Å²) in [6.45, 7) is 1.35. The second kappa shape index (κ2) is 6.67. The van der Waals surface area contributed by atoms with Gasteiger partial charge in [0.25, 0.3) is 5.69 Å². The van der Waals surface area contributed by atoms with Gasteiger partial charge in [-0.2, -0.15) is 0 Å². The molecule has 1 aliphatic carbocycles. The first kappa shape index (κ1) is 14.7. The minimum Gasteiger partial charge on any atom is -0.395 e. The molecule has 6 nitrogen and oxygen atoms in total. The first-order valence-corrected chi connectivity index (χ1v) is 6.95. The predicted molar refractivity (Wildman–Crippen MR) is 77.8 cm³/mol. The monoisotopic (exact) mass is 279 g/mol. The molecule has 0 radical (unpaired) electrons. The van der Waals surface area contributed by atoms with Crippen molar-refractivity contribution in [2.45, 2.75) is 31.8 Å². The summed E-state index contributed by atoms with van der Waals surface area (Å²) < 4.78 is 0. The van der Waals surface area contributed by atoms with Gasteiger partial charge in [0.2, 0.25) is 0 Å². The van der Waals surface area contributed by atoms with Crippen LogP contribution in [0.15, 0.2) is 18.2 Å². The zero-order valence-corrected chi connectivity index (χ0v) is 11.7. The summed E-state index contributed by atoms with van der Waals surface area (Å²) >= 11 is 0. The molecule has 0 heterocycles. The highest BCUT2D eigenvalue weighted by molar-refractivity contribution is 5.55. The Balaban J connectivity index is 2.19. The van der Waals surface area contributed by atoms with Crippen LogP contribution in [-0.2, 0) is 6.54 Å². The van der Waals surface area contributed by atoms with E-state index in [2.05, 4.69) is 10.2 Å². The summed E-state index contributed by atoms with van der Waals surface area (Å²) in [6, 6.07) is 5.36. The quantitative estimate of drug-likeness (QED) is 0.589. The Kier molecular flexibility index (Phi) is 4.92. The lowest BCUT2D eigenvalue weighted by Gasteiger charge is -2.37. The Morgan fingerprint density at radius 1 is 1.50 bits per heavy atom. The Labute approximate surface area is 118 Å². The zero-order valence-electron chi connectivity index (χ0n) is 11.7. The molecule has 1 aromatic rings. The Hall–Kier alpha value is -1.66. The number of hydrogen-bond acceptors (Lipinski definition) is 5. The van der Waals surface area contributed by atoms with Crippen molar-refractivity contribution < 1.29 is 10.0 Å². The van der Waals surface area contributed by atoms with Gasteiger partial charge in [-0.25, -0.2) is 0 Å². The Bertz CT molecular complexity index is 475. The average Bonchev–Trinajstić information content (AvgIpc) is 2.36. The van der Waals surface area contributed by atoms with Gasteiger partial charge < -0.3 is 10.4 Å². The number of benzene rings is 1. The second-order valence-electron chi connectivity index (χ2n) is 5.13. The Morgan fingerprint density at radius 2 is 2.25 bits per heavy atom. The number of nitro benzene ring substituents is 1. The van der Waals surface area contributed by atoms with Crippen molar-refractivity contribution >= 4 is 11.4 Å². The number of hydrogen-bond donors (Lipinski definition) is 2. The normalized spacial score (nSPS) is 15.2. The van der Waals surface area contributed by atoms with E-state index in [-0.39, 0.29) is 17.2 Å². The average molecular weight is 279 g/mol. The fourth-order valence-corrected chi connectivity index (χ4v) is 2.56. The molecule has 1 fully saturated rings. The molecule has 0 amide bonds. The molecule has 0 aromatic heterocycles. The molecule has 1 saturated carbocycles. The zero-order chi connectivity index (χ0) is 14.5. The molecule has 2 N–H and O–H groups in total. The van der Waals surface area contributed by atoms with Crippen LogP contribution >= 0.6 is 0 Å². The van der Waals surface area contributed by atoms with E-state index >= 15 is 0 Å². The van der Waals surface area contributed by atoms with Gasteiger partial charge in [0.05, 0.1) is 11.5 Å². The third-order valence-corrected chi connectivity index (χ3v) is 3.92. The smallest absolute Gasteiger partial charge is 0.269 e. The molecule has 0 bridgehead atoms. The topological polar surface area (TPSA) is 78.6 Å². The molecule has 20 heavy (non-hydrogen) atoms. The van der Waals surface area contributed by atoms with E-state index in [1.165, 1.54) is 12.5 Å². The highest BCUT2D eigenvalue weighted by Crippen LogP contribution is 2.29. The van der Waals surface area contributed by atoms with Gasteiger partial charge in [-0.3, -0.25) is 15.0 Å². The number of nitrogens with zero attached hydrogens (tertiary/aromatic N) is 2. The SMILES string of the molecule is CNc1ccc([N+](=O)[O-])cc1CN(CCO)C1CCC1. The van der Waals surface area contributed by atoms with Crippen molar-refractivity contribution in [2.75, 3.05) is 25.5 Å². The molecule has 0 atom stereocenters. The molecule has 2 rings (SSSR count). The summed E-state index contributed by atoms with van der Waals surface area (Å²) in [5, 5.41) is 23.2. The standard InChI is InChI=1S/C14H21N3O3/c1-15-14-6-5-13(17(19)20)9-11(14)10-16(7-8-18)12-3-2-4-12/h5-6,9,12,15,18H,2-4,7-8,10H2,1H3. The van der Waals surface area contributed by atoms with Crippen LogP contribution in [0.2, 0.25) is 0 Å². The maximum absolute atomic E-state index is 10.9. The van der Waals surface area contributed by atoms with E-state index in [1.807, 2.05) is 7.05 Å². The van der Waals surface area contributed by atoms with Crippen LogP contribution in [0.3, 0.4) is 0 Å². The van der Waals surface area contributed by atoms with Gasteiger partial charge in [-0.1, -0.05) is 6.42 Å². The largest absolute Gasteiger partial charge is 0.395 e. The van der Waals surface area contributed by atoms with Crippen LogP contribution in [0.1, 0.15) is 24.8 Å². The fraction of sp³-hybridized carbons (Fsp3) is 0.571. The molecule has 0 spiro atoms. The van der Waals surface area contributed by atoms with Crippen LogP contribution in [0.5, 0.6) is 0 Å². The van der Waals surface area contributed by atoms with Crippen molar-refractivity contribution in [2.24, 2.45) is 0 Å². The van der Waals surface area contributed by atoms with E-state index in [1.54, 1.807) is 12.1 Å². The number of aliphatic hydroxyl groups excluding tert-OH is 1. The number of non-ortho nitro benzene ring substituents is 1. The molecule has 0 unspecified atom stereocenters. The maximum Gasteiger partial charge on any atom is 0.269 e. The fourth-order valence-electron chi connectivity index (χ4n) is 2.56. The Morgan fingerprint density at radius 3 is 2.75 bits per heavy atom. The van der Waals surface area contributed by atoms with Gasteiger partial charge in [-0.05, 0) is 24.5 Å². The van der Waals surface area contributed by atoms with Gasteiger partial charge in [0, 0.05) is 44.0 Å². The van der Waals surface area contributed by atoms with Crippen molar-refractivity contribution in [3.8, 4) is 0 Å². The van der Waals surface area contributed by atoms with Crippen molar-refractivity contribution in [3.05, 3.63) is 33.9 Å². The maximum atomic E-state index is 10.9. The van der Waals surface area contributed by atoms with Crippen molar-refractivity contribution in [1.29, 1.82) is 0 Å². The summed E-state index contributed by atoms with van der Waals surface area (Å²) in [5.41, 5.74) is 1.91. The number of nitro groups is 1. The van der Waals surface area contributed by atoms with E-state index in [9.17, 15) is 15.2 Å². The van der Waals surface area contributed by atoms with Crippen LogP contribution in [0, 0.1) is 10.1 Å². The van der Waals surface area contributed by atoms with E-state index in [4.69, 9.17) is 0 Å². The number of nitrogens with one attached hydrogen (secondary N) is 1. The highest BCUT2D eigenvalue weighted by atomic mass is 16.6. The number of anilines is 1. The minimum atomic E-state index is -0.372. The molecule has 0 aliphatic heterocycles. The van der Waals surface area contributed by atoms with Gasteiger partial charge in [0.15, 0.2) is 0 Å². The van der Waals surface area contributed by atoms with Gasteiger partial charge in [0.1, 0.15) is 0 Å². The summed E-state index contributed by atoms with van der Waals surface area (Å²) in [5.74, 6) is 0. The molecule has 1 aromatic carbocycles. The third-order valence-electron chi connectivity index (χ3n) is 3.92. The van der Waals surface area contributed by atoms with E-state index in [0.717, 1.165) is 24.1 Å². The van der Waals surface area contributed by atoms with E-state index < -0.39 is 0 Å². The van der Waals surface area contributed by atoms with Crippen LogP contribution < -0.4 is 5.32 Å². The summed E-state index contributed by atoms with van der Waals surface area (Å²) in [4.78, 5) is 12.7. The number of rotatable bonds is 7. The molecule has 6 heteroatoms. The first-order chi connectivity index (χ1) is 9.65. The second-order valence-corrected chi connectivity index (χ2v) is 5.13. The lowest BCUT2D eigenvalue weighted by Crippen LogP contribution is -2.41. The van der Waals surface area contributed by atoms with Crippen molar-refractivity contribution in [1.82, 2.24) is 4.90 Å². The van der Waals surface area contributed by atoms with Gasteiger partial charge in [-0.15, -0.1) is 0 Å². The predicted octanol–water partition coefficient (Wildman–Crippen LogP) is 1.98. The van der Waals surface area contributed by atoms with Gasteiger partial charge >= 0.3 is 0 Å². The molecular weight excluding hydrogens is 258 g/mol. The van der Waals surface area contributed by atoms with Crippen LogP contribution in [0.25, 0.3) is 0 Å². The number of aliphatic hydroxyl groups is 1. The molecule has 0 saturated heterocycles. The molecule has 110 valence electrons. The minimum absolute atomic E-state index is 0.108. The van der Waals surface area contributed by atoms with Crippen molar-refractivity contribution in [3.63, 3.8) is 0 Å². The first-order valence-electron chi connectivity index (χ1n) is 6.95.